The first-order valence-electron chi connectivity index (χ1n) is 6.26. The molecule has 1 heterocycles. The van der Waals surface area contributed by atoms with Crippen LogP contribution in [0.2, 0.25) is 5.02 Å². The van der Waals surface area contributed by atoms with E-state index in [1.807, 2.05) is 0 Å². The van der Waals surface area contributed by atoms with Crippen LogP contribution in [0.1, 0.15) is 39.0 Å². The molecule has 1 fully saturated rings. The van der Waals surface area contributed by atoms with Crippen molar-refractivity contribution in [3.63, 3.8) is 0 Å². The average molecular weight is 257 g/mol. The minimum absolute atomic E-state index is 0.330. The van der Waals surface area contributed by atoms with Gasteiger partial charge in [0.1, 0.15) is 0 Å². The molecule has 1 N–H and O–H groups in total. The van der Waals surface area contributed by atoms with Gasteiger partial charge in [0.05, 0.1) is 5.02 Å². The number of hydrogen-bond acceptors (Lipinski definition) is 2. The molecule has 0 aliphatic heterocycles. The first-order chi connectivity index (χ1) is 8.19. The van der Waals surface area contributed by atoms with Crippen LogP contribution < -0.4 is 5.32 Å². The highest BCUT2D eigenvalue weighted by Gasteiger charge is 2.21. The molecule has 1 aliphatic rings. The van der Waals surface area contributed by atoms with Gasteiger partial charge in [-0.05, 0) is 24.8 Å². The summed E-state index contributed by atoms with van der Waals surface area (Å²) in [4.78, 5) is 4.00. The SMILES string of the molecule is CCC1CCCC(Nc2ncc(Cl)cc2F)C1. The van der Waals surface area contributed by atoms with Crippen LogP contribution in [0, 0.1) is 11.7 Å². The summed E-state index contributed by atoms with van der Waals surface area (Å²) < 4.78 is 13.6. The zero-order valence-corrected chi connectivity index (χ0v) is 10.8. The number of aromatic nitrogens is 1. The van der Waals surface area contributed by atoms with Crippen LogP contribution in [-0.4, -0.2) is 11.0 Å². The van der Waals surface area contributed by atoms with Crippen molar-refractivity contribution in [3.8, 4) is 0 Å². The van der Waals surface area contributed by atoms with Crippen LogP contribution in [0.25, 0.3) is 0 Å². The molecule has 94 valence electrons. The first kappa shape index (κ1) is 12.6. The Morgan fingerprint density at radius 2 is 2.35 bits per heavy atom. The topological polar surface area (TPSA) is 24.9 Å². The summed E-state index contributed by atoms with van der Waals surface area (Å²) in [5.41, 5.74) is 0. The lowest BCUT2D eigenvalue weighted by Crippen LogP contribution is -2.27. The Morgan fingerprint density at radius 3 is 3.06 bits per heavy atom. The molecule has 1 aromatic rings. The fourth-order valence-corrected chi connectivity index (χ4v) is 2.65. The highest BCUT2D eigenvalue weighted by Crippen LogP contribution is 2.29. The van der Waals surface area contributed by atoms with E-state index in [0.29, 0.717) is 16.9 Å². The van der Waals surface area contributed by atoms with Crippen molar-refractivity contribution in [2.24, 2.45) is 5.92 Å². The summed E-state index contributed by atoms with van der Waals surface area (Å²) in [6.07, 6.45) is 7.40. The van der Waals surface area contributed by atoms with Gasteiger partial charge in [0.15, 0.2) is 11.6 Å². The van der Waals surface area contributed by atoms with Crippen molar-refractivity contribution in [2.75, 3.05) is 5.32 Å². The fourth-order valence-electron chi connectivity index (χ4n) is 2.51. The van der Waals surface area contributed by atoms with Crippen LogP contribution in [0.3, 0.4) is 0 Å². The fraction of sp³-hybridized carbons (Fsp3) is 0.615. The van der Waals surface area contributed by atoms with E-state index >= 15 is 0 Å². The molecule has 2 unspecified atom stereocenters. The Balaban J connectivity index is 2.00. The van der Waals surface area contributed by atoms with E-state index in [1.165, 1.54) is 31.5 Å². The highest BCUT2D eigenvalue weighted by molar-refractivity contribution is 6.30. The number of halogens is 2. The number of pyridine rings is 1. The summed E-state index contributed by atoms with van der Waals surface area (Å²) in [6.45, 7) is 2.22. The number of nitrogens with one attached hydrogen (secondary N) is 1. The molecule has 0 aromatic carbocycles. The van der Waals surface area contributed by atoms with Gasteiger partial charge in [0, 0.05) is 12.2 Å². The van der Waals surface area contributed by atoms with E-state index in [4.69, 9.17) is 11.6 Å². The van der Waals surface area contributed by atoms with Crippen molar-refractivity contribution >= 4 is 17.4 Å². The maximum absolute atomic E-state index is 13.6. The summed E-state index contributed by atoms with van der Waals surface area (Å²) in [5, 5.41) is 3.53. The molecule has 0 bridgehead atoms. The third-order valence-corrected chi connectivity index (χ3v) is 3.72. The number of anilines is 1. The number of nitrogens with zero attached hydrogens (tertiary/aromatic N) is 1. The first-order valence-corrected chi connectivity index (χ1v) is 6.64. The van der Waals surface area contributed by atoms with Gasteiger partial charge in [-0.25, -0.2) is 9.37 Å². The quantitative estimate of drug-likeness (QED) is 0.874. The van der Waals surface area contributed by atoms with Crippen molar-refractivity contribution in [1.82, 2.24) is 4.98 Å². The van der Waals surface area contributed by atoms with Gasteiger partial charge >= 0.3 is 0 Å². The monoisotopic (exact) mass is 256 g/mol. The van der Waals surface area contributed by atoms with E-state index in [2.05, 4.69) is 17.2 Å². The molecule has 2 rings (SSSR count). The van der Waals surface area contributed by atoms with Gasteiger partial charge in [-0.1, -0.05) is 37.8 Å². The van der Waals surface area contributed by atoms with Gasteiger partial charge in [-0.15, -0.1) is 0 Å². The molecule has 1 aliphatic carbocycles. The van der Waals surface area contributed by atoms with Crippen molar-refractivity contribution in [1.29, 1.82) is 0 Å². The second-order valence-electron chi connectivity index (χ2n) is 4.77. The largest absolute Gasteiger partial charge is 0.365 e. The summed E-state index contributed by atoms with van der Waals surface area (Å²) in [6, 6.07) is 1.65. The smallest absolute Gasteiger partial charge is 0.166 e. The van der Waals surface area contributed by atoms with Crippen LogP contribution in [0.15, 0.2) is 12.3 Å². The Labute approximate surface area is 107 Å². The normalized spacial score (nSPS) is 24.6. The molecule has 0 spiro atoms. The third-order valence-electron chi connectivity index (χ3n) is 3.51. The van der Waals surface area contributed by atoms with E-state index < -0.39 is 0 Å². The van der Waals surface area contributed by atoms with Gasteiger partial charge < -0.3 is 5.32 Å². The maximum Gasteiger partial charge on any atom is 0.166 e. The van der Waals surface area contributed by atoms with Gasteiger partial charge in [-0.3, -0.25) is 0 Å². The molecule has 1 saturated carbocycles. The molecule has 17 heavy (non-hydrogen) atoms. The predicted octanol–water partition coefficient (Wildman–Crippen LogP) is 4.25. The van der Waals surface area contributed by atoms with E-state index in [1.54, 1.807) is 0 Å². The van der Waals surface area contributed by atoms with Gasteiger partial charge in [0.2, 0.25) is 0 Å². The van der Waals surface area contributed by atoms with E-state index in [9.17, 15) is 4.39 Å². The zero-order valence-electron chi connectivity index (χ0n) is 10.0. The Bertz CT molecular complexity index is 384. The minimum atomic E-state index is -0.365. The van der Waals surface area contributed by atoms with Crippen molar-refractivity contribution in [2.45, 2.75) is 45.1 Å². The van der Waals surface area contributed by atoms with Crippen LogP contribution in [0.4, 0.5) is 10.2 Å². The van der Waals surface area contributed by atoms with Crippen molar-refractivity contribution in [3.05, 3.63) is 23.1 Å². The molecular weight excluding hydrogens is 239 g/mol. The second kappa shape index (κ2) is 5.67. The molecule has 1 aromatic heterocycles. The molecular formula is C13H18ClFN2. The number of hydrogen-bond donors (Lipinski definition) is 1. The standard InChI is InChI=1S/C13H18ClFN2/c1-2-9-4-3-5-11(6-9)17-13-12(15)7-10(14)8-16-13/h7-9,11H,2-6H2,1H3,(H,16,17). The lowest BCUT2D eigenvalue weighted by atomic mass is 9.84. The molecule has 2 atom stereocenters. The predicted molar refractivity (Wildman–Crippen MR) is 68.9 cm³/mol. The minimum Gasteiger partial charge on any atom is -0.365 e. The molecule has 4 heteroatoms. The van der Waals surface area contributed by atoms with Gasteiger partial charge in [-0.2, -0.15) is 0 Å². The van der Waals surface area contributed by atoms with Gasteiger partial charge in [0.25, 0.3) is 0 Å². The summed E-state index contributed by atoms with van der Waals surface area (Å²) >= 11 is 5.68. The highest BCUT2D eigenvalue weighted by atomic mass is 35.5. The summed E-state index contributed by atoms with van der Waals surface area (Å²) in [7, 11) is 0. The Hall–Kier alpha value is -0.830. The molecule has 0 saturated heterocycles. The van der Waals surface area contributed by atoms with E-state index in [-0.39, 0.29) is 5.82 Å². The van der Waals surface area contributed by atoms with E-state index in [0.717, 1.165) is 18.8 Å². The maximum atomic E-state index is 13.6. The molecule has 0 radical (unpaired) electrons. The molecule has 2 nitrogen and oxygen atoms in total. The Kier molecular flexibility index (Phi) is 4.21. The van der Waals surface area contributed by atoms with Crippen molar-refractivity contribution < 1.29 is 4.39 Å². The Morgan fingerprint density at radius 1 is 1.53 bits per heavy atom. The zero-order chi connectivity index (χ0) is 12.3. The number of rotatable bonds is 3. The lowest BCUT2D eigenvalue weighted by Gasteiger charge is -2.29. The summed E-state index contributed by atoms with van der Waals surface area (Å²) in [5.74, 6) is 0.726. The molecule has 0 amide bonds. The lowest BCUT2D eigenvalue weighted by molar-refractivity contribution is 0.326. The average Bonchev–Trinajstić information content (AvgIpc) is 2.33. The third kappa shape index (κ3) is 3.32. The van der Waals surface area contributed by atoms with Crippen LogP contribution >= 0.6 is 11.6 Å². The van der Waals surface area contributed by atoms with Crippen LogP contribution in [0.5, 0.6) is 0 Å². The second-order valence-corrected chi connectivity index (χ2v) is 5.20. The van der Waals surface area contributed by atoms with Crippen LogP contribution in [-0.2, 0) is 0 Å².